The molecular weight excluding hydrogens is 435 g/mol. The molecule has 0 unspecified atom stereocenters. The van der Waals surface area contributed by atoms with Crippen molar-refractivity contribution in [1.29, 1.82) is 0 Å². The Hall–Kier alpha value is -3.41. The fourth-order valence-electron chi connectivity index (χ4n) is 3.30. The molecule has 3 amide bonds. The first-order valence-electron chi connectivity index (χ1n) is 9.40. The van der Waals surface area contributed by atoms with Crippen LogP contribution in [0.2, 0.25) is 10.0 Å². The van der Waals surface area contributed by atoms with Gasteiger partial charge in [-0.15, -0.1) is 0 Å². The molecule has 0 saturated heterocycles. The third kappa shape index (κ3) is 4.24. The fraction of sp³-hybridized carbons (Fsp3) is 0.0417. The van der Waals surface area contributed by atoms with Gasteiger partial charge in [0.15, 0.2) is 0 Å². The minimum Gasteiger partial charge on any atom is -0.289 e. The number of amides is 3. The number of hydrogen-bond donors (Lipinski definition) is 0. The Morgan fingerprint density at radius 3 is 2.10 bits per heavy atom. The fourth-order valence-corrected chi connectivity index (χ4v) is 3.81. The highest BCUT2D eigenvalue weighted by Gasteiger charge is 2.37. The third-order valence-corrected chi connectivity index (χ3v) is 5.38. The average Bonchev–Trinajstić information content (AvgIpc) is 3.02. The number of hydrogen-bond acceptors (Lipinski definition) is 3. The van der Waals surface area contributed by atoms with Gasteiger partial charge in [-0.2, -0.15) is 0 Å². The van der Waals surface area contributed by atoms with E-state index < -0.39 is 17.7 Å². The van der Waals surface area contributed by atoms with Gasteiger partial charge in [-0.1, -0.05) is 65.7 Å². The van der Waals surface area contributed by atoms with Gasteiger partial charge < -0.3 is 0 Å². The molecule has 0 radical (unpaired) electrons. The van der Waals surface area contributed by atoms with Crippen LogP contribution >= 0.6 is 23.2 Å². The van der Waals surface area contributed by atoms with Crippen molar-refractivity contribution in [3.8, 4) is 0 Å². The molecular formula is C24H16Cl2N2O3. The van der Waals surface area contributed by atoms with Gasteiger partial charge in [0.2, 0.25) is 0 Å². The van der Waals surface area contributed by atoms with E-state index >= 15 is 0 Å². The lowest BCUT2D eigenvalue weighted by Gasteiger charge is -2.27. The van der Waals surface area contributed by atoms with Gasteiger partial charge in [0.25, 0.3) is 17.7 Å². The van der Waals surface area contributed by atoms with Gasteiger partial charge in [0.1, 0.15) is 6.67 Å². The van der Waals surface area contributed by atoms with Crippen LogP contribution in [0.3, 0.4) is 0 Å². The van der Waals surface area contributed by atoms with Crippen LogP contribution in [0.5, 0.6) is 0 Å². The molecule has 1 heterocycles. The first-order chi connectivity index (χ1) is 15.0. The molecule has 0 N–H and O–H groups in total. The summed E-state index contributed by atoms with van der Waals surface area (Å²) in [6, 6.07) is 20.5. The lowest BCUT2D eigenvalue weighted by atomic mass is 10.1. The number of nitrogens with zero attached hydrogens (tertiary/aromatic N) is 2. The molecule has 0 aromatic heterocycles. The minimum absolute atomic E-state index is 0.227. The van der Waals surface area contributed by atoms with Gasteiger partial charge in [-0.3, -0.25) is 24.2 Å². The summed E-state index contributed by atoms with van der Waals surface area (Å²) in [7, 11) is 0. The van der Waals surface area contributed by atoms with Crippen molar-refractivity contribution in [3.63, 3.8) is 0 Å². The summed E-state index contributed by atoms with van der Waals surface area (Å²) in [6.07, 6.45) is 3.03. The SMILES string of the molecule is O=C1c2ccccc2C(=O)N1CN(C(=O)/C=C/c1ccccc1)c1ccc(Cl)cc1Cl. The Labute approximate surface area is 189 Å². The standard InChI is InChI=1S/C24H16Cl2N2O3/c25-17-11-12-21(20(26)14-17)27(22(29)13-10-16-6-2-1-3-7-16)15-28-23(30)18-8-4-5-9-19(18)24(28)31/h1-14H,15H2/b13-10+. The predicted octanol–water partition coefficient (Wildman–Crippen LogP) is 5.29. The first kappa shape index (κ1) is 20.8. The van der Waals surface area contributed by atoms with Crippen LogP contribution in [0.4, 0.5) is 5.69 Å². The summed E-state index contributed by atoms with van der Waals surface area (Å²) in [5, 5.41) is 0.632. The van der Waals surface area contributed by atoms with Gasteiger partial charge in [0, 0.05) is 11.1 Å². The number of carbonyl (C=O) groups excluding carboxylic acids is 3. The molecule has 0 aliphatic carbocycles. The molecule has 0 atom stereocenters. The van der Waals surface area contributed by atoms with Crippen LogP contribution in [0.25, 0.3) is 6.08 Å². The summed E-state index contributed by atoms with van der Waals surface area (Å²) in [5.74, 6) is -1.37. The van der Waals surface area contributed by atoms with E-state index in [2.05, 4.69) is 0 Å². The van der Waals surface area contributed by atoms with E-state index in [1.54, 1.807) is 42.5 Å². The molecule has 0 fully saturated rings. The lowest BCUT2D eigenvalue weighted by molar-refractivity contribution is -0.114. The zero-order chi connectivity index (χ0) is 22.0. The predicted molar refractivity (Wildman–Crippen MR) is 121 cm³/mol. The molecule has 7 heteroatoms. The summed E-state index contributed by atoms with van der Waals surface area (Å²) >= 11 is 12.3. The highest BCUT2D eigenvalue weighted by atomic mass is 35.5. The van der Waals surface area contributed by atoms with E-state index in [0.717, 1.165) is 10.5 Å². The zero-order valence-corrected chi connectivity index (χ0v) is 17.7. The second kappa shape index (κ2) is 8.76. The highest BCUT2D eigenvalue weighted by molar-refractivity contribution is 6.37. The van der Waals surface area contributed by atoms with Gasteiger partial charge >= 0.3 is 0 Å². The second-order valence-corrected chi connectivity index (χ2v) is 7.67. The molecule has 4 rings (SSSR count). The topological polar surface area (TPSA) is 57.7 Å². The maximum Gasteiger partial charge on any atom is 0.263 e. The molecule has 5 nitrogen and oxygen atoms in total. The van der Waals surface area contributed by atoms with Crippen LogP contribution in [-0.2, 0) is 4.79 Å². The number of anilines is 1. The Morgan fingerprint density at radius 1 is 0.871 bits per heavy atom. The zero-order valence-electron chi connectivity index (χ0n) is 16.2. The monoisotopic (exact) mass is 450 g/mol. The summed E-state index contributed by atoms with van der Waals surface area (Å²) < 4.78 is 0. The van der Waals surface area contributed by atoms with Crippen molar-refractivity contribution < 1.29 is 14.4 Å². The normalized spacial score (nSPS) is 13.0. The van der Waals surface area contributed by atoms with Crippen molar-refractivity contribution >= 4 is 52.7 Å². The van der Waals surface area contributed by atoms with Crippen molar-refractivity contribution in [3.05, 3.63) is 106 Å². The van der Waals surface area contributed by atoms with Gasteiger partial charge in [0.05, 0.1) is 21.8 Å². The number of carbonyl (C=O) groups is 3. The van der Waals surface area contributed by atoms with Crippen LogP contribution < -0.4 is 4.90 Å². The molecule has 154 valence electrons. The molecule has 0 saturated carbocycles. The van der Waals surface area contributed by atoms with E-state index in [1.165, 1.54) is 17.0 Å². The van der Waals surface area contributed by atoms with Crippen LogP contribution in [0.1, 0.15) is 26.3 Å². The first-order valence-corrected chi connectivity index (χ1v) is 10.2. The summed E-state index contributed by atoms with van der Waals surface area (Å²) in [4.78, 5) is 41.1. The van der Waals surface area contributed by atoms with Crippen molar-refractivity contribution in [2.75, 3.05) is 11.6 Å². The van der Waals surface area contributed by atoms with E-state index in [-0.39, 0.29) is 11.7 Å². The Balaban J connectivity index is 1.68. The molecule has 1 aliphatic rings. The maximum atomic E-state index is 13.1. The van der Waals surface area contributed by atoms with Gasteiger partial charge in [-0.25, -0.2) is 0 Å². The molecule has 0 spiro atoms. The Bertz CT molecular complexity index is 1170. The van der Waals surface area contributed by atoms with E-state index in [0.29, 0.717) is 21.8 Å². The van der Waals surface area contributed by atoms with Crippen LogP contribution in [-0.4, -0.2) is 29.3 Å². The molecule has 3 aromatic rings. The average molecular weight is 451 g/mol. The van der Waals surface area contributed by atoms with E-state index in [4.69, 9.17) is 23.2 Å². The third-order valence-electron chi connectivity index (χ3n) is 4.85. The molecule has 3 aromatic carbocycles. The summed E-state index contributed by atoms with van der Waals surface area (Å²) in [5.41, 5.74) is 1.79. The van der Waals surface area contributed by atoms with Crippen molar-refractivity contribution in [1.82, 2.24) is 4.90 Å². The number of imide groups is 1. The molecule has 0 bridgehead atoms. The lowest BCUT2D eigenvalue weighted by Crippen LogP contribution is -2.44. The Morgan fingerprint density at radius 2 is 1.48 bits per heavy atom. The molecule has 31 heavy (non-hydrogen) atoms. The largest absolute Gasteiger partial charge is 0.289 e. The van der Waals surface area contributed by atoms with Crippen LogP contribution in [0.15, 0.2) is 78.9 Å². The second-order valence-electron chi connectivity index (χ2n) is 6.83. The maximum absolute atomic E-state index is 13.1. The minimum atomic E-state index is -0.462. The number of halogens is 2. The number of rotatable bonds is 5. The van der Waals surface area contributed by atoms with Gasteiger partial charge in [-0.05, 0) is 42.0 Å². The van der Waals surface area contributed by atoms with E-state index in [9.17, 15) is 14.4 Å². The number of benzene rings is 3. The quantitative estimate of drug-likeness (QED) is 0.391. The Kier molecular flexibility index (Phi) is 5.89. The van der Waals surface area contributed by atoms with Crippen molar-refractivity contribution in [2.24, 2.45) is 0 Å². The molecule has 1 aliphatic heterocycles. The van der Waals surface area contributed by atoms with Crippen molar-refractivity contribution in [2.45, 2.75) is 0 Å². The van der Waals surface area contributed by atoms with Crippen LogP contribution in [0, 0.1) is 0 Å². The number of fused-ring (bicyclic) bond motifs is 1. The summed E-state index contributed by atoms with van der Waals surface area (Å²) in [6.45, 7) is -0.286. The highest BCUT2D eigenvalue weighted by Crippen LogP contribution is 2.31. The smallest absolute Gasteiger partial charge is 0.263 e. The van der Waals surface area contributed by atoms with E-state index in [1.807, 2.05) is 30.3 Å².